The SMILES string of the molecule is COc1cc2c(N3CCCC(N4CCCS4(=O)=O)C3)nc(C)nc2cc1F. The monoisotopic (exact) mass is 394 g/mol. The Morgan fingerprint density at radius 2 is 2.04 bits per heavy atom. The number of fused-ring (bicyclic) bond motifs is 1. The van der Waals surface area contributed by atoms with E-state index in [2.05, 4.69) is 14.9 Å². The fourth-order valence-electron chi connectivity index (χ4n) is 4.08. The molecule has 2 aromatic rings. The lowest BCUT2D eigenvalue weighted by Gasteiger charge is -2.37. The summed E-state index contributed by atoms with van der Waals surface area (Å²) in [4.78, 5) is 11.0. The normalized spacial score (nSPS) is 23.1. The van der Waals surface area contributed by atoms with Crippen molar-refractivity contribution < 1.29 is 17.5 Å². The molecule has 2 aliphatic heterocycles. The van der Waals surface area contributed by atoms with Crippen LogP contribution in [-0.4, -0.2) is 61.2 Å². The molecule has 0 aliphatic carbocycles. The fraction of sp³-hybridized carbons (Fsp3) is 0.556. The van der Waals surface area contributed by atoms with Crippen molar-refractivity contribution in [3.05, 3.63) is 23.8 Å². The Bertz CT molecular complexity index is 982. The van der Waals surface area contributed by atoms with Crippen molar-refractivity contribution in [2.75, 3.05) is 37.4 Å². The highest BCUT2D eigenvalue weighted by Gasteiger charge is 2.37. The van der Waals surface area contributed by atoms with Gasteiger partial charge >= 0.3 is 0 Å². The number of aromatic nitrogens is 2. The first-order valence-corrected chi connectivity index (χ1v) is 10.8. The number of methoxy groups -OCH3 is 1. The molecule has 1 unspecified atom stereocenters. The van der Waals surface area contributed by atoms with Crippen molar-refractivity contribution in [3.63, 3.8) is 0 Å². The van der Waals surface area contributed by atoms with E-state index in [1.165, 1.54) is 13.2 Å². The Hall–Kier alpha value is -2.00. The van der Waals surface area contributed by atoms with Crippen molar-refractivity contribution >= 4 is 26.7 Å². The molecule has 0 bridgehead atoms. The van der Waals surface area contributed by atoms with Gasteiger partial charge in [-0.2, -0.15) is 4.31 Å². The maximum atomic E-state index is 14.1. The van der Waals surface area contributed by atoms with Crippen LogP contribution in [0.15, 0.2) is 12.1 Å². The van der Waals surface area contributed by atoms with E-state index in [0.29, 0.717) is 42.1 Å². The quantitative estimate of drug-likeness (QED) is 0.794. The van der Waals surface area contributed by atoms with Crippen LogP contribution < -0.4 is 9.64 Å². The van der Waals surface area contributed by atoms with Gasteiger partial charge < -0.3 is 9.64 Å². The Morgan fingerprint density at radius 1 is 1.22 bits per heavy atom. The lowest BCUT2D eigenvalue weighted by Crippen LogP contribution is -2.48. The highest BCUT2D eigenvalue weighted by atomic mass is 32.2. The number of benzene rings is 1. The predicted molar refractivity (Wildman–Crippen MR) is 101 cm³/mol. The van der Waals surface area contributed by atoms with Gasteiger partial charge in [-0.1, -0.05) is 0 Å². The van der Waals surface area contributed by atoms with E-state index in [9.17, 15) is 12.8 Å². The van der Waals surface area contributed by atoms with E-state index in [1.807, 2.05) is 0 Å². The summed E-state index contributed by atoms with van der Waals surface area (Å²) in [5, 5.41) is 0.712. The van der Waals surface area contributed by atoms with Crippen LogP contribution in [0.25, 0.3) is 10.9 Å². The highest BCUT2D eigenvalue weighted by Crippen LogP contribution is 2.33. The van der Waals surface area contributed by atoms with E-state index >= 15 is 0 Å². The molecule has 2 fully saturated rings. The number of piperidine rings is 1. The Labute approximate surface area is 158 Å². The first-order valence-electron chi connectivity index (χ1n) is 9.15. The van der Waals surface area contributed by atoms with E-state index in [-0.39, 0.29) is 17.5 Å². The van der Waals surface area contributed by atoms with E-state index in [1.54, 1.807) is 17.3 Å². The second kappa shape index (κ2) is 6.87. The smallest absolute Gasteiger partial charge is 0.214 e. The largest absolute Gasteiger partial charge is 0.494 e. The summed E-state index contributed by atoms with van der Waals surface area (Å²) in [7, 11) is -1.73. The summed E-state index contributed by atoms with van der Waals surface area (Å²) in [6.45, 7) is 3.71. The summed E-state index contributed by atoms with van der Waals surface area (Å²) in [6, 6.07) is 2.92. The van der Waals surface area contributed by atoms with Crippen LogP contribution in [0.4, 0.5) is 10.2 Å². The molecule has 2 aliphatic rings. The van der Waals surface area contributed by atoms with Crippen LogP contribution in [0.5, 0.6) is 5.75 Å². The molecule has 0 saturated carbocycles. The molecular formula is C18H23FN4O3S. The molecule has 0 amide bonds. The minimum Gasteiger partial charge on any atom is -0.494 e. The second-order valence-electron chi connectivity index (χ2n) is 7.12. The number of ether oxygens (including phenoxy) is 1. The molecule has 1 atom stereocenters. The van der Waals surface area contributed by atoms with Gasteiger partial charge in [0, 0.05) is 37.1 Å². The van der Waals surface area contributed by atoms with Crippen molar-refractivity contribution in [3.8, 4) is 5.75 Å². The Balaban J connectivity index is 1.73. The molecule has 4 rings (SSSR count). The second-order valence-corrected chi connectivity index (χ2v) is 9.16. The van der Waals surface area contributed by atoms with Crippen molar-refractivity contribution in [2.24, 2.45) is 0 Å². The summed E-state index contributed by atoms with van der Waals surface area (Å²) < 4.78 is 45.5. The number of nitrogens with zero attached hydrogens (tertiary/aromatic N) is 4. The summed E-state index contributed by atoms with van der Waals surface area (Å²) >= 11 is 0. The van der Waals surface area contributed by atoms with E-state index in [0.717, 1.165) is 19.4 Å². The van der Waals surface area contributed by atoms with Crippen LogP contribution >= 0.6 is 0 Å². The van der Waals surface area contributed by atoms with Gasteiger partial charge in [0.1, 0.15) is 11.6 Å². The van der Waals surface area contributed by atoms with Gasteiger partial charge in [-0.15, -0.1) is 0 Å². The van der Waals surface area contributed by atoms with Gasteiger partial charge in [-0.3, -0.25) is 0 Å². The van der Waals surface area contributed by atoms with Gasteiger partial charge in [0.05, 0.1) is 18.4 Å². The number of sulfonamides is 1. The van der Waals surface area contributed by atoms with Crippen molar-refractivity contribution in [2.45, 2.75) is 32.2 Å². The minimum atomic E-state index is -3.15. The number of hydrogen-bond donors (Lipinski definition) is 0. The molecule has 1 aromatic carbocycles. The fourth-order valence-corrected chi connectivity index (χ4v) is 5.84. The van der Waals surface area contributed by atoms with Crippen LogP contribution in [0.3, 0.4) is 0 Å². The summed E-state index contributed by atoms with van der Waals surface area (Å²) in [5.74, 6) is 1.17. The molecule has 0 N–H and O–H groups in total. The van der Waals surface area contributed by atoms with Gasteiger partial charge in [0.15, 0.2) is 11.6 Å². The van der Waals surface area contributed by atoms with Crippen LogP contribution in [0.2, 0.25) is 0 Å². The zero-order valence-corrected chi connectivity index (χ0v) is 16.3. The van der Waals surface area contributed by atoms with Gasteiger partial charge in [0.25, 0.3) is 0 Å². The topological polar surface area (TPSA) is 75.6 Å². The maximum absolute atomic E-state index is 14.1. The molecule has 1 aromatic heterocycles. The highest BCUT2D eigenvalue weighted by molar-refractivity contribution is 7.89. The summed E-state index contributed by atoms with van der Waals surface area (Å²) in [5.41, 5.74) is 0.520. The first kappa shape index (κ1) is 18.4. The van der Waals surface area contributed by atoms with E-state index in [4.69, 9.17) is 4.74 Å². The molecule has 0 spiro atoms. The molecule has 146 valence electrons. The zero-order valence-electron chi connectivity index (χ0n) is 15.5. The van der Waals surface area contributed by atoms with Gasteiger partial charge in [-0.25, -0.2) is 22.8 Å². The van der Waals surface area contributed by atoms with Crippen LogP contribution in [0.1, 0.15) is 25.1 Å². The third kappa shape index (κ3) is 3.34. The average molecular weight is 394 g/mol. The van der Waals surface area contributed by atoms with E-state index < -0.39 is 15.8 Å². The first-order chi connectivity index (χ1) is 12.9. The number of halogens is 1. The zero-order chi connectivity index (χ0) is 19.2. The van der Waals surface area contributed by atoms with Crippen LogP contribution in [0, 0.1) is 12.7 Å². The predicted octanol–water partition coefficient (Wildman–Crippen LogP) is 2.09. The average Bonchev–Trinajstić information content (AvgIpc) is 2.99. The van der Waals surface area contributed by atoms with Gasteiger partial charge in [-0.05, 0) is 32.3 Å². The lowest BCUT2D eigenvalue weighted by atomic mass is 10.0. The maximum Gasteiger partial charge on any atom is 0.214 e. The Morgan fingerprint density at radius 3 is 2.74 bits per heavy atom. The molecule has 0 radical (unpaired) electrons. The number of rotatable bonds is 3. The number of aryl methyl sites for hydroxylation is 1. The standard InChI is InChI=1S/C18H23FN4O3S/c1-12-20-16-10-15(19)17(26-2)9-14(16)18(21-12)22-6-3-5-13(11-22)23-7-4-8-27(23,24)25/h9-10,13H,3-8,11H2,1-2H3. The molecule has 2 saturated heterocycles. The number of hydrogen-bond acceptors (Lipinski definition) is 6. The Kier molecular flexibility index (Phi) is 4.67. The lowest BCUT2D eigenvalue weighted by molar-refractivity contribution is 0.298. The molecule has 7 nitrogen and oxygen atoms in total. The number of anilines is 1. The third-order valence-electron chi connectivity index (χ3n) is 5.30. The molecule has 27 heavy (non-hydrogen) atoms. The van der Waals surface area contributed by atoms with Gasteiger partial charge in [0.2, 0.25) is 10.0 Å². The molecule has 3 heterocycles. The third-order valence-corrected chi connectivity index (χ3v) is 7.30. The van der Waals surface area contributed by atoms with Crippen molar-refractivity contribution in [1.82, 2.24) is 14.3 Å². The molecular weight excluding hydrogens is 371 g/mol. The van der Waals surface area contributed by atoms with Crippen molar-refractivity contribution in [1.29, 1.82) is 0 Å². The summed E-state index contributed by atoms with van der Waals surface area (Å²) in [6.07, 6.45) is 2.40. The minimum absolute atomic E-state index is 0.0566. The van der Waals surface area contributed by atoms with Crippen LogP contribution in [-0.2, 0) is 10.0 Å². The molecule has 9 heteroatoms.